The summed E-state index contributed by atoms with van der Waals surface area (Å²) in [5.74, 6) is 2.19. The van der Waals surface area contributed by atoms with E-state index in [2.05, 4.69) is 34.9 Å². The first-order chi connectivity index (χ1) is 12.1. The third kappa shape index (κ3) is 5.12. The van der Waals surface area contributed by atoms with E-state index in [1.54, 1.807) is 0 Å². The molecule has 1 heterocycles. The minimum absolute atomic E-state index is 0. The van der Waals surface area contributed by atoms with Crippen LogP contribution in [-0.4, -0.2) is 45.0 Å². The van der Waals surface area contributed by atoms with Crippen molar-refractivity contribution in [1.29, 1.82) is 0 Å². The van der Waals surface area contributed by atoms with Gasteiger partial charge in [-0.15, -0.1) is 24.0 Å². The third-order valence-electron chi connectivity index (χ3n) is 5.53. The van der Waals surface area contributed by atoms with Gasteiger partial charge in [-0.1, -0.05) is 24.3 Å². The fourth-order valence-electron chi connectivity index (χ4n) is 3.89. The second kappa shape index (κ2) is 8.46. The van der Waals surface area contributed by atoms with Gasteiger partial charge in [0.15, 0.2) is 15.8 Å². The molecular formula is C19H28IN3O2S. The molecule has 0 spiro atoms. The van der Waals surface area contributed by atoms with E-state index in [0.717, 1.165) is 25.3 Å². The van der Waals surface area contributed by atoms with Gasteiger partial charge in [-0.3, -0.25) is 4.99 Å². The first-order valence-electron chi connectivity index (χ1n) is 9.42. The van der Waals surface area contributed by atoms with Gasteiger partial charge >= 0.3 is 0 Å². The molecule has 0 amide bonds. The molecule has 1 aliphatic heterocycles. The molecule has 0 radical (unpaired) electrons. The predicted molar refractivity (Wildman–Crippen MR) is 116 cm³/mol. The molecule has 2 fully saturated rings. The molecule has 2 unspecified atom stereocenters. The Balaban J connectivity index is 0.00000196. The number of fused-ring (bicyclic) bond motifs is 1. The van der Waals surface area contributed by atoms with Gasteiger partial charge in [-0.25, -0.2) is 8.42 Å². The lowest BCUT2D eigenvalue weighted by atomic mass is 10.0. The molecule has 144 valence electrons. The van der Waals surface area contributed by atoms with E-state index < -0.39 is 9.84 Å². The minimum Gasteiger partial charge on any atom is -0.356 e. The number of hydrogen-bond acceptors (Lipinski definition) is 3. The zero-order valence-electron chi connectivity index (χ0n) is 15.0. The average molecular weight is 489 g/mol. The highest BCUT2D eigenvalue weighted by Gasteiger charge is 2.28. The van der Waals surface area contributed by atoms with Gasteiger partial charge in [0.05, 0.1) is 11.5 Å². The summed E-state index contributed by atoms with van der Waals surface area (Å²) in [7, 11) is -2.82. The lowest BCUT2D eigenvalue weighted by molar-refractivity contribution is 0.587. The van der Waals surface area contributed by atoms with E-state index >= 15 is 0 Å². The Labute approximate surface area is 173 Å². The number of hydrogen-bond donors (Lipinski definition) is 2. The average Bonchev–Trinajstić information content (AvgIpc) is 3.21. The summed E-state index contributed by atoms with van der Waals surface area (Å²) in [6.07, 6.45) is 5.49. The number of halogens is 1. The van der Waals surface area contributed by atoms with Crippen molar-refractivity contribution in [2.75, 3.05) is 24.6 Å². The first-order valence-corrected chi connectivity index (χ1v) is 11.2. The number of sulfone groups is 1. The molecule has 3 aliphatic rings. The summed E-state index contributed by atoms with van der Waals surface area (Å²) in [5, 5.41) is 6.98. The molecule has 1 saturated heterocycles. The summed E-state index contributed by atoms with van der Waals surface area (Å²) in [6, 6.07) is 9.24. The van der Waals surface area contributed by atoms with Gasteiger partial charge in [0.25, 0.3) is 0 Å². The molecule has 2 aliphatic carbocycles. The maximum atomic E-state index is 11.6. The van der Waals surface area contributed by atoms with Crippen LogP contribution in [0.1, 0.15) is 42.7 Å². The van der Waals surface area contributed by atoms with Crippen LogP contribution in [0.15, 0.2) is 29.3 Å². The standard InChI is InChI=1S/C19H27N3O2S.HI/c23-25(24)10-9-14(13-25)11-20-19(22-17-7-8-17)21-12-16-6-5-15-3-1-2-4-18(15)16;/h1-4,14,16-17H,5-13H2,(H2,20,21,22);1H. The van der Waals surface area contributed by atoms with Crippen molar-refractivity contribution in [3.05, 3.63) is 35.4 Å². The fraction of sp³-hybridized carbons (Fsp3) is 0.632. The van der Waals surface area contributed by atoms with Gasteiger partial charge in [-0.05, 0) is 49.1 Å². The summed E-state index contributed by atoms with van der Waals surface area (Å²) in [6.45, 7) is 1.49. The highest BCUT2D eigenvalue weighted by atomic mass is 127. The molecule has 2 N–H and O–H groups in total. The highest BCUT2D eigenvalue weighted by molar-refractivity contribution is 14.0. The van der Waals surface area contributed by atoms with Gasteiger partial charge < -0.3 is 10.6 Å². The summed E-state index contributed by atoms with van der Waals surface area (Å²) in [4.78, 5) is 4.70. The number of aliphatic imine (C=N–C) groups is 1. The number of guanidine groups is 1. The summed E-state index contributed by atoms with van der Waals surface area (Å²) < 4.78 is 23.2. The summed E-state index contributed by atoms with van der Waals surface area (Å²) in [5.41, 5.74) is 2.93. The maximum absolute atomic E-state index is 11.6. The monoisotopic (exact) mass is 489 g/mol. The second-order valence-electron chi connectivity index (χ2n) is 7.69. The Morgan fingerprint density at radius 2 is 1.96 bits per heavy atom. The number of rotatable bonds is 5. The molecule has 7 heteroatoms. The Bertz CT molecular complexity index is 762. The molecule has 1 saturated carbocycles. The minimum atomic E-state index is -2.82. The Kier molecular flexibility index (Phi) is 6.48. The molecule has 0 aromatic heterocycles. The molecule has 26 heavy (non-hydrogen) atoms. The van der Waals surface area contributed by atoms with E-state index in [9.17, 15) is 8.42 Å². The smallest absolute Gasteiger partial charge is 0.191 e. The zero-order chi connectivity index (χ0) is 17.3. The van der Waals surface area contributed by atoms with Crippen LogP contribution in [0.5, 0.6) is 0 Å². The molecule has 1 aromatic rings. The highest BCUT2D eigenvalue weighted by Crippen LogP contribution is 2.32. The van der Waals surface area contributed by atoms with Crippen LogP contribution < -0.4 is 10.6 Å². The SMILES string of the molecule is I.O=S1(=O)CCC(CN=C(NCC2CCc3ccccc32)NC2CC2)C1. The van der Waals surface area contributed by atoms with Gasteiger partial charge in [0, 0.05) is 25.0 Å². The fourth-order valence-corrected chi connectivity index (χ4v) is 5.74. The van der Waals surface area contributed by atoms with E-state index in [1.165, 1.54) is 30.4 Å². The van der Waals surface area contributed by atoms with E-state index in [4.69, 9.17) is 4.99 Å². The Morgan fingerprint density at radius 3 is 2.69 bits per heavy atom. The molecular weight excluding hydrogens is 461 g/mol. The lowest BCUT2D eigenvalue weighted by Gasteiger charge is -2.17. The first kappa shape index (κ1) is 19.9. The van der Waals surface area contributed by atoms with Gasteiger partial charge in [0.2, 0.25) is 0 Å². The van der Waals surface area contributed by atoms with Crippen molar-refractivity contribution in [2.45, 2.75) is 44.1 Å². The van der Waals surface area contributed by atoms with Crippen LogP contribution in [0, 0.1) is 5.92 Å². The van der Waals surface area contributed by atoms with Crippen molar-refractivity contribution < 1.29 is 8.42 Å². The van der Waals surface area contributed by atoms with E-state index in [-0.39, 0.29) is 29.9 Å². The largest absolute Gasteiger partial charge is 0.356 e. The van der Waals surface area contributed by atoms with Crippen molar-refractivity contribution in [2.24, 2.45) is 10.9 Å². The van der Waals surface area contributed by atoms with Crippen molar-refractivity contribution in [3.63, 3.8) is 0 Å². The van der Waals surface area contributed by atoms with Crippen LogP contribution in [0.25, 0.3) is 0 Å². The van der Waals surface area contributed by atoms with Crippen LogP contribution in [0.4, 0.5) is 0 Å². The quantitative estimate of drug-likeness (QED) is 0.379. The molecule has 5 nitrogen and oxygen atoms in total. The molecule has 2 atom stereocenters. The van der Waals surface area contributed by atoms with Gasteiger partial charge in [-0.2, -0.15) is 0 Å². The zero-order valence-corrected chi connectivity index (χ0v) is 18.1. The molecule has 0 bridgehead atoms. The van der Waals surface area contributed by atoms with Crippen LogP contribution >= 0.6 is 24.0 Å². The third-order valence-corrected chi connectivity index (χ3v) is 7.36. The van der Waals surface area contributed by atoms with Crippen LogP contribution in [-0.2, 0) is 16.3 Å². The lowest BCUT2D eigenvalue weighted by Crippen LogP contribution is -2.40. The predicted octanol–water partition coefficient (Wildman–Crippen LogP) is 2.47. The van der Waals surface area contributed by atoms with E-state index in [1.807, 2.05) is 0 Å². The molecule has 4 rings (SSSR count). The Hall–Kier alpha value is -0.830. The van der Waals surface area contributed by atoms with Gasteiger partial charge in [0.1, 0.15) is 0 Å². The maximum Gasteiger partial charge on any atom is 0.191 e. The van der Waals surface area contributed by atoms with Crippen molar-refractivity contribution in [3.8, 4) is 0 Å². The summed E-state index contributed by atoms with van der Waals surface area (Å²) >= 11 is 0. The number of aryl methyl sites for hydroxylation is 1. The Morgan fingerprint density at radius 1 is 1.15 bits per heavy atom. The van der Waals surface area contributed by atoms with Crippen molar-refractivity contribution >= 4 is 39.8 Å². The number of benzene rings is 1. The second-order valence-corrected chi connectivity index (χ2v) is 9.92. The number of nitrogens with one attached hydrogen (secondary N) is 2. The van der Waals surface area contributed by atoms with E-state index in [0.29, 0.717) is 30.0 Å². The van der Waals surface area contributed by atoms with Crippen molar-refractivity contribution in [1.82, 2.24) is 10.6 Å². The van der Waals surface area contributed by atoms with Crippen LogP contribution in [0.3, 0.4) is 0 Å². The topological polar surface area (TPSA) is 70.6 Å². The number of nitrogens with zero attached hydrogens (tertiary/aromatic N) is 1. The normalized spacial score (nSPS) is 26.8. The van der Waals surface area contributed by atoms with Crippen LogP contribution in [0.2, 0.25) is 0 Å². The molecule has 1 aromatic carbocycles.